The molecule has 0 amide bonds. The highest BCUT2D eigenvalue weighted by Gasteiger charge is 2.04. The van der Waals surface area contributed by atoms with Gasteiger partial charge in [0.25, 0.3) is 0 Å². The normalized spacial score (nSPS) is 9.93. The number of hydrogen-bond acceptors (Lipinski definition) is 0. The van der Waals surface area contributed by atoms with Crippen LogP contribution >= 0.6 is 11.6 Å². The summed E-state index contributed by atoms with van der Waals surface area (Å²) in [7, 11) is 0. The van der Waals surface area contributed by atoms with E-state index in [-0.39, 0.29) is 0 Å². The predicted molar refractivity (Wildman–Crippen MR) is 66.0 cm³/mol. The summed E-state index contributed by atoms with van der Waals surface area (Å²) < 4.78 is 0. The third kappa shape index (κ3) is 2.11. The second-order valence-corrected chi connectivity index (χ2v) is 3.73. The molecular formula is C14H11Cl. The van der Waals surface area contributed by atoms with Crippen molar-refractivity contribution in [1.29, 1.82) is 0 Å². The van der Waals surface area contributed by atoms with E-state index < -0.39 is 0 Å². The molecule has 0 aliphatic carbocycles. The maximum atomic E-state index is 6.11. The lowest BCUT2D eigenvalue weighted by molar-refractivity contribution is 1.56. The zero-order valence-electron chi connectivity index (χ0n) is 8.28. The van der Waals surface area contributed by atoms with Crippen LogP contribution in [0.15, 0.2) is 61.2 Å². The Bertz CT molecular complexity index is 472. The van der Waals surface area contributed by atoms with Gasteiger partial charge >= 0.3 is 0 Å². The Morgan fingerprint density at radius 3 is 2.13 bits per heavy atom. The van der Waals surface area contributed by atoms with Crippen LogP contribution in [-0.2, 0) is 0 Å². The van der Waals surface area contributed by atoms with Gasteiger partial charge in [-0.1, -0.05) is 66.7 Å². The summed E-state index contributed by atoms with van der Waals surface area (Å²) >= 11 is 6.11. The molecule has 0 spiro atoms. The van der Waals surface area contributed by atoms with Gasteiger partial charge in [0.05, 0.1) is 0 Å². The van der Waals surface area contributed by atoms with Crippen molar-refractivity contribution in [3.63, 3.8) is 0 Å². The van der Waals surface area contributed by atoms with Gasteiger partial charge < -0.3 is 0 Å². The average Bonchev–Trinajstić information content (AvgIpc) is 2.30. The third-order valence-corrected chi connectivity index (χ3v) is 2.65. The van der Waals surface area contributed by atoms with Crippen molar-refractivity contribution < 1.29 is 0 Å². The van der Waals surface area contributed by atoms with Crippen LogP contribution in [0.5, 0.6) is 0 Å². The summed E-state index contributed by atoms with van der Waals surface area (Å²) in [5.41, 5.74) is 3.05. The van der Waals surface area contributed by atoms with Crippen molar-refractivity contribution in [3.8, 4) is 0 Å². The molecule has 0 N–H and O–H groups in total. The second-order valence-electron chi connectivity index (χ2n) is 3.32. The molecule has 0 aliphatic heterocycles. The molecule has 2 aromatic carbocycles. The second kappa shape index (κ2) is 4.33. The van der Waals surface area contributed by atoms with E-state index in [2.05, 4.69) is 6.58 Å². The summed E-state index contributed by atoms with van der Waals surface area (Å²) in [6, 6.07) is 17.8. The van der Waals surface area contributed by atoms with Crippen LogP contribution in [-0.4, -0.2) is 0 Å². The fourth-order valence-corrected chi connectivity index (χ4v) is 1.75. The van der Waals surface area contributed by atoms with Gasteiger partial charge in [-0.25, -0.2) is 0 Å². The number of halogens is 1. The summed E-state index contributed by atoms with van der Waals surface area (Å²) in [6.07, 6.45) is 0. The summed E-state index contributed by atoms with van der Waals surface area (Å²) in [5, 5.41) is 0.742. The van der Waals surface area contributed by atoms with Crippen LogP contribution in [0.3, 0.4) is 0 Å². The molecular weight excluding hydrogens is 204 g/mol. The molecule has 1 heteroatoms. The zero-order valence-corrected chi connectivity index (χ0v) is 9.04. The molecule has 0 heterocycles. The van der Waals surface area contributed by atoms with E-state index in [4.69, 9.17) is 11.6 Å². The highest BCUT2D eigenvalue weighted by atomic mass is 35.5. The maximum absolute atomic E-state index is 6.11. The van der Waals surface area contributed by atoms with Crippen molar-refractivity contribution in [2.75, 3.05) is 0 Å². The SMILES string of the molecule is C=C(c1ccccc1)c1ccccc1Cl. The van der Waals surface area contributed by atoms with E-state index in [9.17, 15) is 0 Å². The van der Waals surface area contributed by atoms with Crippen molar-refractivity contribution in [2.45, 2.75) is 0 Å². The molecule has 0 unspecified atom stereocenters. The van der Waals surface area contributed by atoms with Crippen molar-refractivity contribution in [3.05, 3.63) is 77.3 Å². The molecule has 0 saturated carbocycles. The van der Waals surface area contributed by atoms with Crippen LogP contribution in [0.4, 0.5) is 0 Å². The Morgan fingerprint density at radius 2 is 1.47 bits per heavy atom. The minimum absolute atomic E-state index is 0.742. The summed E-state index contributed by atoms with van der Waals surface area (Å²) in [4.78, 5) is 0. The van der Waals surface area contributed by atoms with Crippen LogP contribution in [0.25, 0.3) is 5.57 Å². The molecule has 0 nitrogen and oxygen atoms in total. The Hall–Kier alpha value is -1.53. The largest absolute Gasteiger partial charge is 0.0905 e. The predicted octanol–water partition coefficient (Wildman–Crippen LogP) is 4.40. The van der Waals surface area contributed by atoms with E-state index in [0.717, 1.165) is 21.7 Å². The molecule has 2 aromatic rings. The van der Waals surface area contributed by atoms with E-state index in [1.165, 1.54) is 0 Å². The molecule has 0 fully saturated rings. The molecule has 0 aliphatic rings. The Kier molecular flexibility index (Phi) is 2.89. The quantitative estimate of drug-likeness (QED) is 0.695. The first-order chi connectivity index (χ1) is 7.29. The topological polar surface area (TPSA) is 0 Å². The van der Waals surface area contributed by atoms with Gasteiger partial charge in [-0.15, -0.1) is 0 Å². The standard InChI is InChI=1S/C14H11Cl/c1-11(12-7-3-2-4-8-12)13-9-5-6-10-14(13)15/h2-10H,1H2. The third-order valence-electron chi connectivity index (χ3n) is 2.32. The van der Waals surface area contributed by atoms with Gasteiger partial charge in [0.2, 0.25) is 0 Å². The average molecular weight is 215 g/mol. The number of benzene rings is 2. The van der Waals surface area contributed by atoms with E-state index in [1.807, 2.05) is 54.6 Å². The van der Waals surface area contributed by atoms with E-state index in [1.54, 1.807) is 0 Å². The van der Waals surface area contributed by atoms with Gasteiger partial charge in [0, 0.05) is 10.6 Å². The van der Waals surface area contributed by atoms with Gasteiger partial charge in [-0.2, -0.15) is 0 Å². The molecule has 0 radical (unpaired) electrons. The fourth-order valence-electron chi connectivity index (χ4n) is 1.50. The highest BCUT2D eigenvalue weighted by molar-refractivity contribution is 6.32. The van der Waals surface area contributed by atoms with Gasteiger partial charge in [-0.3, -0.25) is 0 Å². The Morgan fingerprint density at radius 1 is 0.867 bits per heavy atom. The van der Waals surface area contributed by atoms with Crippen LogP contribution in [0.2, 0.25) is 5.02 Å². The van der Waals surface area contributed by atoms with Crippen molar-refractivity contribution in [1.82, 2.24) is 0 Å². The number of hydrogen-bond donors (Lipinski definition) is 0. The lowest BCUT2D eigenvalue weighted by atomic mass is 10.00. The van der Waals surface area contributed by atoms with Gasteiger partial charge in [0.1, 0.15) is 0 Å². The van der Waals surface area contributed by atoms with E-state index >= 15 is 0 Å². The minimum Gasteiger partial charge on any atom is -0.0905 e. The maximum Gasteiger partial charge on any atom is 0.0484 e. The first-order valence-corrected chi connectivity index (χ1v) is 5.16. The lowest BCUT2D eigenvalue weighted by Crippen LogP contribution is -1.86. The zero-order chi connectivity index (χ0) is 10.7. The van der Waals surface area contributed by atoms with Crippen LogP contribution in [0.1, 0.15) is 11.1 Å². The van der Waals surface area contributed by atoms with Crippen LogP contribution in [0, 0.1) is 0 Å². The molecule has 0 bridgehead atoms. The van der Waals surface area contributed by atoms with Crippen molar-refractivity contribution >= 4 is 17.2 Å². The summed E-state index contributed by atoms with van der Waals surface area (Å²) in [5.74, 6) is 0. The first-order valence-electron chi connectivity index (χ1n) is 4.78. The molecule has 0 saturated heterocycles. The Balaban J connectivity index is 2.42. The van der Waals surface area contributed by atoms with Crippen molar-refractivity contribution in [2.24, 2.45) is 0 Å². The molecule has 2 rings (SSSR count). The summed E-state index contributed by atoms with van der Waals surface area (Å²) in [6.45, 7) is 4.07. The molecule has 0 aromatic heterocycles. The minimum atomic E-state index is 0.742. The highest BCUT2D eigenvalue weighted by Crippen LogP contribution is 2.27. The van der Waals surface area contributed by atoms with E-state index in [0.29, 0.717) is 0 Å². The van der Waals surface area contributed by atoms with Gasteiger partial charge in [-0.05, 0) is 17.2 Å². The molecule has 74 valence electrons. The molecule has 15 heavy (non-hydrogen) atoms. The Labute approximate surface area is 94.8 Å². The smallest absolute Gasteiger partial charge is 0.0484 e. The lowest BCUT2D eigenvalue weighted by Gasteiger charge is -2.07. The monoisotopic (exact) mass is 214 g/mol. The van der Waals surface area contributed by atoms with Crippen LogP contribution < -0.4 is 0 Å². The first kappa shape index (κ1) is 10.0. The number of rotatable bonds is 2. The molecule has 0 atom stereocenters. The van der Waals surface area contributed by atoms with Gasteiger partial charge in [0.15, 0.2) is 0 Å². The fraction of sp³-hybridized carbons (Fsp3) is 0.